The number of thioether (sulfide) groups is 1. The number of carbonyl (C=O) groups is 1. The van der Waals surface area contributed by atoms with Crippen LogP contribution in [0.4, 0.5) is 5.82 Å². The highest BCUT2D eigenvalue weighted by Crippen LogP contribution is 2.25. The molecule has 1 aliphatic heterocycles. The van der Waals surface area contributed by atoms with E-state index in [-0.39, 0.29) is 18.2 Å². The zero-order valence-corrected chi connectivity index (χ0v) is 10.4. The van der Waals surface area contributed by atoms with E-state index >= 15 is 0 Å². The third-order valence-electron chi connectivity index (χ3n) is 2.69. The number of nitrogens with zero attached hydrogens (tertiary/aromatic N) is 4. The maximum Gasteiger partial charge on any atom is 0.305 e. The first kappa shape index (κ1) is 12.6. The summed E-state index contributed by atoms with van der Waals surface area (Å²) >= 11 is 1.72. The lowest BCUT2D eigenvalue weighted by Gasteiger charge is -2.35. The minimum Gasteiger partial charge on any atom is -0.481 e. The number of rotatable bonds is 3. The van der Waals surface area contributed by atoms with Crippen LogP contribution in [0.1, 0.15) is 12.1 Å². The molecule has 94 valence electrons. The van der Waals surface area contributed by atoms with E-state index in [1.165, 1.54) is 12.4 Å². The zero-order valence-electron chi connectivity index (χ0n) is 9.61. The van der Waals surface area contributed by atoms with Gasteiger partial charge in [-0.2, -0.15) is 17.0 Å². The van der Waals surface area contributed by atoms with Gasteiger partial charge in [0.2, 0.25) is 0 Å². The second-order valence-corrected chi connectivity index (χ2v) is 5.01. The predicted octanol–water partition coefficient (Wildman–Crippen LogP) is 0.745. The van der Waals surface area contributed by atoms with E-state index in [0.29, 0.717) is 12.4 Å². The van der Waals surface area contributed by atoms with Gasteiger partial charge in [-0.25, -0.2) is 9.97 Å². The number of anilines is 1. The van der Waals surface area contributed by atoms with Crippen molar-refractivity contribution in [2.75, 3.05) is 23.0 Å². The molecule has 6 nitrogen and oxygen atoms in total. The molecule has 18 heavy (non-hydrogen) atoms. The van der Waals surface area contributed by atoms with Crippen LogP contribution < -0.4 is 4.90 Å². The van der Waals surface area contributed by atoms with Gasteiger partial charge in [-0.15, -0.1) is 0 Å². The molecule has 1 saturated heterocycles. The van der Waals surface area contributed by atoms with Crippen LogP contribution in [0.25, 0.3) is 0 Å². The van der Waals surface area contributed by atoms with Crippen molar-refractivity contribution >= 4 is 23.5 Å². The van der Waals surface area contributed by atoms with Crippen LogP contribution in [0.2, 0.25) is 0 Å². The van der Waals surface area contributed by atoms with Crippen molar-refractivity contribution in [2.24, 2.45) is 0 Å². The number of hydrogen-bond donors (Lipinski definition) is 1. The monoisotopic (exact) mass is 264 g/mol. The Balaban J connectivity index is 2.28. The molecule has 1 atom stereocenters. The average Bonchev–Trinajstić information content (AvgIpc) is 2.39. The molecule has 0 amide bonds. The predicted molar refractivity (Wildman–Crippen MR) is 67.5 cm³/mol. The van der Waals surface area contributed by atoms with Crippen LogP contribution in [0.5, 0.6) is 0 Å². The van der Waals surface area contributed by atoms with E-state index in [2.05, 4.69) is 9.97 Å². The molecular weight excluding hydrogens is 252 g/mol. The minimum absolute atomic E-state index is 0.0500. The van der Waals surface area contributed by atoms with Crippen LogP contribution in [0.3, 0.4) is 0 Å². The maximum absolute atomic E-state index is 10.9. The molecule has 0 aliphatic carbocycles. The molecule has 2 rings (SSSR count). The van der Waals surface area contributed by atoms with Crippen molar-refractivity contribution in [1.29, 1.82) is 5.26 Å². The fourth-order valence-electron chi connectivity index (χ4n) is 1.92. The Bertz CT molecular complexity index is 488. The van der Waals surface area contributed by atoms with Gasteiger partial charge in [-0.05, 0) is 0 Å². The highest BCUT2D eigenvalue weighted by Gasteiger charge is 2.28. The molecule has 1 aromatic rings. The lowest BCUT2D eigenvalue weighted by molar-refractivity contribution is -0.137. The Kier molecular flexibility index (Phi) is 3.99. The summed E-state index contributed by atoms with van der Waals surface area (Å²) in [7, 11) is 0. The summed E-state index contributed by atoms with van der Waals surface area (Å²) in [6, 6.07) is 1.86. The highest BCUT2D eigenvalue weighted by atomic mass is 32.2. The van der Waals surface area contributed by atoms with Gasteiger partial charge >= 0.3 is 5.97 Å². The Morgan fingerprint density at radius 1 is 1.61 bits per heavy atom. The molecular formula is C11H12N4O2S. The third-order valence-corrected chi connectivity index (χ3v) is 3.79. The average molecular weight is 264 g/mol. The molecule has 2 heterocycles. The SMILES string of the molecule is N#Cc1nccnc1N1CCSCC1CC(=O)O. The Morgan fingerprint density at radius 3 is 3.11 bits per heavy atom. The second-order valence-electron chi connectivity index (χ2n) is 3.86. The molecule has 0 aromatic carbocycles. The smallest absolute Gasteiger partial charge is 0.305 e. The van der Waals surface area contributed by atoms with Gasteiger partial charge in [-0.1, -0.05) is 0 Å². The number of nitriles is 1. The Hall–Kier alpha value is -1.81. The van der Waals surface area contributed by atoms with Gasteiger partial charge in [0, 0.05) is 30.4 Å². The minimum atomic E-state index is -0.838. The number of carboxylic acids is 1. The van der Waals surface area contributed by atoms with Crippen molar-refractivity contribution in [1.82, 2.24) is 9.97 Å². The van der Waals surface area contributed by atoms with E-state index in [9.17, 15) is 4.79 Å². The lowest BCUT2D eigenvalue weighted by atomic mass is 10.2. The third kappa shape index (κ3) is 2.71. The largest absolute Gasteiger partial charge is 0.481 e. The first-order chi connectivity index (χ1) is 8.72. The van der Waals surface area contributed by atoms with E-state index < -0.39 is 5.97 Å². The van der Waals surface area contributed by atoms with Gasteiger partial charge in [-0.3, -0.25) is 4.79 Å². The molecule has 1 unspecified atom stereocenters. The highest BCUT2D eigenvalue weighted by molar-refractivity contribution is 7.99. The summed E-state index contributed by atoms with van der Waals surface area (Å²) < 4.78 is 0. The first-order valence-electron chi connectivity index (χ1n) is 5.49. The summed E-state index contributed by atoms with van der Waals surface area (Å²) in [4.78, 5) is 20.9. The van der Waals surface area contributed by atoms with Crippen LogP contribution in [0, 0.1) is 11.3 Å². The number of aliphatic carboxylic acids is 1. The van der Waals surface area contributed by atoms with Crippen LogP contribution in [0.15, 0.2) is 12.4 Å². The van der Waals surface area contributed by atoms with Gasteiger partial charge in [0.05, 0.1) is 12.5 Å². The summed E-state index contributed by atoms with van der Waals surface area (Å²) in [6.45, 7) is 0.690. The summed E-state index contributed by atoms with van der Waals surface area (Å²) in [5.74, 6) is 1.28. The molecule has 1 aromatic heterocycles. The quantitative estimate of drug-likeness (QED) is 0.861. The second kappa shape index (κ2) is 5.69. The molecule has 0 spiro atoms. The standard InChI is InChI=1S/C11H12N4O2S/c12-6-9-11(14-2-1-13-9)15-3-4-18-7-8(15)5-10(16)17/h1-2,8H,3-5,7H2,(H,16,17). The molecule has 1 N–H and O–H groups in total. The van der Waals surface area contributed by atoms with E-state index in [1.54, 1.807) is 11.8 Å². The molecule has 7 heteroatoms. The van der Waals surface area contributed by atoms with Crippen LogP contribution >= 0.6 is 11.8 Å². The van der Waals surface area contributed by atoms with Gasteiger partial charge in [0.25, 0.3) is 0 Å². The van der Waals surface area contributed by atoms with Crippen molar-refractivity contribution in [2.45, 2.75) is 12.5 Å². The van der Waals surface area contributed by atoms with Gasteiger partial charge < -0.3 is 10.0 Å². The fraction of sp³-hybridized carbons (Fsp3) is 0.455. The van der Waals surface area contributed by atoms with Crippen molar-refractivity contribution in [3.8, 4) is 6.07 Å². The van der Waals surface area contributed by atoms with E-state index in [0.717, 1.165) is 11.5 Å². The van der Waals surface area contributed by atoms with Crippen molar-refractivity contribution in [3.63, 3.8) is 0 Å². The summed E-state index contributed by atoms with van der Waals surface area (Å²) in [6.07, 6.45) is 3.04. The number of hydrogen-bond acceptors (Lipinski definition) is 6. The van der Waals surface area contributed by atoms with E-state index in [4.69, 9.17) is 10.4 Å². The van der Waals surface area contributed by atoms with Crippen molar-refractivity contribution < 1.29 is 9.90 Å². The summed E-state index contributed by atoms with van der Waals surface area (Å²) in [5.41, 5.74) is 0.250. The zero-order chi connectivity index (χ0) is 13.0. The molecule has 1 fully saturated rings. The van der Waals surface area contributed by atoms with Gasteiger partial charge in [0.15, 0.2) is 11.5 Å². The van der Waals surface area contributed by atoms with Gasteiger partial charge in [0.1, 0.15) is 6.07 Å². The Morgan fingerprint density at radius 2 is 2.39 bits per heavy atom. The maximum atomic E-state index is 10.9. The first-order valence-corrected chi connectivity index (χ1v) is 6.65. The van der Waals surface area contributed by atoms with Crippen LogP contribution in [-0.4, -0.2) is 45.1 Å². The number of carboxylic acid groups (broad SMARTS) is 1. The summed E-state index contributed by atoms with van der Waals surface area (Å²) in [5, 5.41) is 17.9. The van der Waals surface area contributed by atoms with Crippen molar-refractivity contribution in [3.05, 3.63) is 18.1 Å². The number of aromatic nitrogens is 2. The topological polar surface area (TPSA) is 90.1 Å². The lowest BCUT2D eigenvalue weighted by Crippen LogP contribution is -2.44. The van der Waals surface area contributed by atoms with E-state index in [1.807, 2.05) is 11.0 Å². The fourth-order valence-corrected chi connectivity index (χ4v) is 2.99. The van der Waals surface area contributed by atoms with Crippen LogP contribution in [-0.2, 0) is 4.79 Å². The molecule has 0 saturated carbocycles. The molecule has 1 aliphatic rings. The Labute approximate surface area is 109 Å². The molecule has 0 radical (unpaired) electrons. The molecule has 0 bridgehead atoms. The normalized spacial score (nSPS) is 19.3.